The first kappa shape index (κ1) is 8.41. The maximum absolute atomic E-state index is 5.76. The van der Waals surface area contributed by atoms with Gasteiger partial charge in [-0.3, -0.25) is 4.68 Å². The van der Waals surface area contributed by atoms with Crippen LogP contribution in [0.25, 0.3) is 0 Å². The Labute approximate surface area is 78.1 Å². The number of aromatic nitrogens is 2. The predicted octanol–water partition coefficient (Wildman–Crippen LogP) is 1.21. The molecule has 1 heterocycles. The Hall–Kier alpha value is -1.19. The number of rotatable bonds is 2. The molecule has 0 saturated heterocycles. The quantitative estimate of drug-likeness (QED) is 0.719. The number of hydrogen-bond acceptors (Lipinski definition) is 3. The van der Waals surface area contributed by atoms with Crippen molar-refractivity contribution in [2.45, 2.75) is 26.3 Å². The third-order valence-electron chi connectivity index (χ3n) is 2.68. The van der Waals surface area contributed by atoms with E-state index in [0.717, 1.165) is 11.5 Å². The molecule has 0 bridgehead atoms. The zero-order valence-corrected chi connectivity index (χ0v) is 8.33. The molecule has 72 valence electrons. The van der Waals surface area contributed by atoms with Gasteiger partial charge in [-0.1, -0.05) is 13.8 Å². The summed E-state index contributed by atoms with van der Waals surface area (Å²) < 4.78 is 1.73. The second-order valence-electron chi connectivity index (χ2n) is 4.50. The summed E-state index contributed by atoms with van der Waals surface area (Å²) in [6, 6.07) is 0.532. The Morgan fingerprint density at radius 3 is 2.69 bits per heavy atom. The minimum atomic E-state index is 0.407. The molecule has 1 aromatic rings. The summed E-state index contributed by atoms with van der Waals surface area (Å²) in [5, 5.41) is 7.57. The lowest BCUT2D eigenvalue weighted by atomic mass is 10.2. The standard InChI is InChI=1S/C9H16N4/c1-9(2)4-7(9)11-8-6(10)5-13(3)12-8/h5,7H,4,10H2,1-3H3,(H,11,12). The average molecular weight is 180 g/mol. The van der Waals surface area contributed by atoms with Gasteiger partial charge in [0, 0.05) is 19.3 Å². The molecule has 0 radical (unpaired) electrons. The van der Waals surface area contributed by atoms with Crippen molar-refractivity contribution in [3.05, 3.63) is 6.20 Å². The van der Waals surface area contributed by atoms with Gasteiger partial charge in [0.05, 0.1) is 5.69 Å². The predicted molar refractivity (Wildman–Crippen MR) is 53.4 cm³/mol. The maximum atomic E-state index is 5.76. The van der Waals surface area contributed by atoms with E-state index < -0.39 is 0 Å². The third-order valence-corrected chi connectivity index (χ3v) is 2.68. The average Bonchev–Trinajstić information content (AvgIpc) is 2.43. The summed E-state index contributed by atoms with van der Waals surface area (Å²) in [4.78, 5) is 0. The number of hydrogen-bond donors (Lipinski definition) is 2. The topological polar surface area (TPSA) is 55.9 Å². The van der Waals surface area contributed by atoms with Crippen molar-refractivity contribution in [2.75, 3.05) is 11.1 Å². The number of nitrogens with two attached hydrogens (primary N) is 1. The van der Waals surface area contributed by atoms with E-state index in [4.69, 9.17) is 5.73 Å². The van der Waals surface area contributed by atoms with Crippen LogP contribution in [0.4, 0.5) is 11.5 Å². The van der Waals surface area contributed by atoms with Crippen molar-refractivity contribution in [3.8, 4) is 0 Å². The van der Waals surface area contributed by atoms with Crippen LogP contribution in [0.2, 0.25) is 0 Å². The molecule has 1 saturated carbocycles. The summed E-state index contributed by atoms with van der Waals surface area (Å²) >= 11 is 0. The fourth-order valence-corrected chi connectivity index (χ4v) is 1.50. The molecule has 1 aliphatic carbocycles. The molecular weight excluding hydrogens is 164 g/mol. The van der Waals surface area contributed by atoms with E-state index in [2.05, 4.69) is 24.3 Å². The van der Waals surface area contributed by atoms with Gasteiger partial charge in [-0.05, 0) is 11.8 Å². The first-order chi connectivity index (χ1) is 5.99. The van der Waals surface area contributed by atoms with Crippen LogP contribution >= 0.6 is 0 Å². The minimum Gasteiger partial charge on any atom is -0.394 e. The van der Waals surface area contributed by atoms with Gasteiger partial charge in [0.1, 0.15) is 0 Å². The number of anilines is 2. The molecule has 0 spiro atoms. The van der Waals surface area contributed by atoms with Crippen molar-refractivity contribution < 1.29 is 0 Å². The van der Waals surface area contributed by atoms with Gasteiger partial charge in [0.2, 0.25) is 0 Å². The monoisotopic (exact) mass is 180 g/mol. The molecule has 0 amide bonds. The first-order valence-corrected chi connectivity index (χ1v) is 4.55. The van der Waals surface area contributed by atoms with E-state index in [9.17, 15) is 0 Å². The fraction of sp³-hybridized carbons (Fsp3) is 0.667. The highest BCUT2D eigenvalue weighted by Crippen LogP contribution is 2.46. The molecule has 1 fully saturated rings. The Morgan fingerprint density at radius 1 is 1.69 bits per heavy atom. The second kappa shape index (κ2) is 2.40. The molecule has 1 aliphatic rings. The van der Waals surface area contributed by atoms with Gasteiger partial charge in [-0.15, -0.1) is 0 Å². The Morgan fingerprint density at radius 2 is 2.31 bits per heavy atom. The third kappa shape index (κ3) is 1.48. The van der Waals surface area contributed by atoms with Gasteiger partial charge in [0.15, 0.2) is 5.82 Å². The van der Waals surface area contributed by atoms with Crippen LogP contribution in [0.3, 0.4) is 0 Å². The lowest BCUT2D eigenvalue weighted by Crippen LogP contribution is -2.10. The first-order valence-electron chi connectivity index (χ1n) is 4.55. The molecule has 0 aliphatic heterocycles. The van der Waals surface area contributed by atoms with Crippen molar-refractivity contribution in [1.29, 1.82) is 0 Å². The van der Waals surface area contributed by atoms with Crippen molar-refractivity contribution >= 4 is 11.5 Å². The largest absolute Gasteiger partial charge is 0.394 e. The Balaban J connectivity index is 2.07. The van der Waals surface area contributed by atoms with Crippen LogP contribution in [0, 0.1) is 5.41 Å². The molecule has 13 heavy (non-hydrogen) atoms. The van der Waals surface area contributed by atoms with Crippen LogP contribution in [0.15, 0.2) is 6.20 Å². The van der Waals surface area contributed by atoms with Gasteiger partial charge in [-0.2, -0.15) is 5.10 Å². The molecule has 4 heteroatoms. The minimum absolute atomic E-state index is 0.407. The molecule has 1 atom stereocenters. The van der Waals surface area contributed by atoms with E-state index in [0.29, 0.717) is 11.5 Å². The molecule has 3 N–H and O–H groups in total. The Kier molecular flexibility index (Phi) is 1.55. The smallest absolute Gasteiger partial charge is 0.171 e. The number of nitrogens with zero attached hydrogens (tertiary/aromatic N) is 2. The van der Waals surface area contributed by atoms with E-state index in [1.165, 1.54) is 6.42 Å². The van der Waals surface area contributed by atoms with Crippen LogP contribution in [-0.2, 0) is 7.05 Å². The van der Waals surface area contributed by atoms with Crippen molar-refractivity contribution in [2.24, 2.45) is 12.5 Å². The highest BCUT2D eigenvalue weighted by Gasteiger charge is 2.46. The van der Waals surface area contributed by atoms with Gasteiger partial charge in [-0.25, -0.2) is 0 Å². The summed E-state index contributed by atoms with van der Waals surface area (Å²) in [6.07, 6.45) is 3.01. The summed E-state index contributed by atoms with van der Waals surface area (Å²) in [5.74, 6) is 0.818. The van der Waals surface area contributed by atoms with Crippen LogP contribution in [0.1, 0.15) is 20.3 Å². The highest BCUT2D eigenvalue weighted by atomic mass is 15.3. The molecule has 4 nitrogen and oxygen atoms in total. The summed E-state index contributed by atoms with van der Waals surface area (Å²) in [6.45, 7) is 4.48. The van der Waals surface area contributed by atoms with Crippen LogP contribution in [-0.4, -0.2) is 15.8 Å². The molecule has 1 unspecified atom stereocenters. The van der Waals surface area contributed by atoms with E-state index >= 15 is 0 Å². The zero-order chi connectivity index (χ0) is 9.64. The molecule has 2 rings (SSSR count). The number of nitrogen functional groups attached to an aromatic ring is 1. The van der Waals surface area contributed by atoms with Crippen molar-refractivity contribution in [1.82, 2.24) is 9.78 Å². The molecular formula is C9H16N4. The van der Waals surface area contributed by atoms with Crippen molar-refractivity contribution in [3.63, 3.8) is 0 Å². The highest BCUT2D eigenvalue weighted by molar-refractivity contribution is 5.61. The fourth-order valence-electron chi connectivity index (χ4n) is 1.50. The Bertz CT molecular complexity index is 326. The normalized spacial score (nSPS) is 24.4. The second-order valence-corrected chi connectivity index (χ2v) is 4.50. The van der Waals surface area contributed by atoms with E-state index in [1.807, 2.05) is 13.2 Å². The summed E-state index contributed by atoms with van der Waals surface area (Å²) in [5.41, 5.74) is 6.89. The lowest BCUT2D eigenvalue weighted by molar-refractivity contribution is 0.629. The van der Waals surface area contributed by atoms with Gasteiger partial charge >= 0.3 is 0 Å². The van der Waals surface area contributed by atoms with Gasteiger partial charge in [0.25, 0.3) is 0 Å². The molecule has 1 aromatic heterocycles. The number of nitrogens with one attached hydrogen (secondary N) is 1. The van der Waals surface area contributed by atoms with E-state index in [-0.39, 0.29) is 0 Å². The van der Waals surface area contributed by atoms with Crippen LogP contribution < -0.4 is 11.1 Å². The molecule has 0 aromatic carbocycles. The lowest BCUT2D eigenvalue weighted by Gasteiger charge is -2.05. The van der Waals surface area contributed by atoms with E-state index in [1.54, 1.807) is 4.68 Å². The van der Waals surface area contributed by atoms with Crippen LogP contribution in [0.5, 0.6) is 0 Å². The maximum Gasteiger partial charge on any atom is 0.171 e. The number of aryl methyl sites for hydroxylation is 1. The zero-order valence-electron chi connectivity index (χ0n) is 8.33. The van der Waals surface area contributed by atoms with Gasteiger partial charge < -0.3 is 11.1 Å². The SMILES string of the molecule is Cn1cc(N)c(NC2CC2(C)C)n1. The summed E-state index contributed by atoms with van der Waals surface area (Å²) in [7, 11) is 1.87.